The fraction of sp³-hybridized carbons (Fsp3) is 0.875. The van der Waals surface area contributed by atoms with E-state index in [0.717, 1.165) is 0 Å². The van der Waals surface area contributed by atoms with Gasteiger partial charge in [-0.25, -0.2) is 0 Å². The van der Waals surface area contributed by atoms with Crippen LogP contribution in [0.5, 0.6) is 0 Å². The Bertz CT molecular complexity index is 161. The lowest BCUT2D eigenvalue weighted by Gasteiger charge is -2.24. The van der Waals surface area contributed by atoms with Crippen LogP contribution in [0.3, 0.4) is 0 Å². The number of hydrogen-bond acceptors (Lipinski definition) is 3. The lowest BCUT2D eigenvalue weighted by Crippen LogP contribution is -2.52. The minimum atomic E-state index is -0.843. The van der Waals surface area contributed by atoms with E-state index in [-0.39, 0.29) is 11.4 Å². The Labute approximate surface area is 73.1 Å². The molecule has 0 heterocycles. The monoisotopic (exact) mass is 174 g/mol. The zero-order valence-electron chi connectivity index (χ0n) is 8.09. The Morgan fingerprint density at radius 2 is 1.92 bits per heavy atom. The molecule has 0 aromatic heterocycles. The molecule has 0 aliphatic carbocycles. The molecule has 4 nitrogen and oxygen atoms in total. The normalized spacial score (nSPS) is 16.8. The van der Waals surface area contributed by atoms with Gasteiger partial charge in [0.25, 0.3) is 0 Å². The Morgan fingerprint density at radius 1 is 1.50 bits per heavy atom. The summed E-state index contributed by atoms with van der Waals surface area (Å²) in [6, 6.07) is -0.843. The van der Waals surface area contributed by atoms with Gasteiger partial charge in [0, 0.05) is 5.54 Å². The van der Waals surface area contributed by atoms with Crippen LogP contribution in [0.1, 0.15) is 27.7 Å². The van der Waals surface area contributed by atoms with Crippen molar-refractivity contribution in [3.63, 3.8) is 0 Å². The topological polar surface area (TPSA) is 75.3 Å². The van der Waals surface area contributed by atoms with E-state index in [0.29, 0.717) is 0 Å². The first-order valence-electron chi connectivity index (χ1n) is 4.00. The first kappa shape index (κ1) is 11.4. The number of aliphatic hydroxyl groups excluding tert-OH is 1. The predicted molar refractivity (Wildman–Crippen MR) is 47.6 cm³/mol. The number of nitrogens with two attached hydrogens (primary N) is 1. The van der Waals surface area contributed by atoms with Crippen molar-refractivity contribution in [1.82, 2.24) is 5.32 Å². The number of amides is 1. The highest BCUT2D eigenvalue weighted by Crippen LogP contribution is 2.00. The average Bonchev–Trinajstić information content (AvgIpc) is 1.82. The quantitative estimate of drug-likeness (QED) is 0.533. The molecule has 0 aliphatic rings. The maximum atomic E-state index is 11.2. The van der Waals surface area contributed by atoms with Crippen molar-refractivity contribution in [2.75, 3.05) is 0 Å². The molecule has 1 amide bonds. The van der Waals surface area contributed by atoms with E-state index in [4.69, 9.17) is 10.8 Å². The number of carbonyl (C=O) groups is 1. The van der Waals surface area contributed by atoms with Crippen LogP contribution in [0.4, 0.5) is 0 Å². The molecule has 0 saturated carbocycles. The van der Waals surface area contributed by atoms with Crippen LogP contribution in [0.15, 0.2) is 0 Å². The van der Waals surface area contributed by atoms with Crippen molar-refractivity contribution >= 4 is 5.91 Å². The van der Waals surface area contributed by atoms with Crippen molar-refractivity contribution in [3.8, 4) is 0 Å². The van der Waals surface area contributed by atoms with Crippen molar-refractivity contribution in [2.45, 2.75) is 45.4 Å². The van der Waals surface area contributed by atoms with Crippen LogP contribution in [0.25, 0.3) is 0 Å². The molecular weight excluding hydrogens is 156 g/mol. The zero-order valence-corrected chi connectivity index (χ0v) is 8.09. The van der Waals surface area contributed by atoms with Gasteiger partial charge < -0.3 is 16.2 Å². The highest BCUT2D eigenvalue weighted by molar-refractivity contribution is 5.82. The van der Waals surface area contributed by atoms with E-state index in [9.17, 15) is 4.79 Å². The standard InChI is InChI=1S/C8H18N2O2/c1-5(11)6(9)7(12)10-8(2,3)4/h5-6,11H,9H2,1-4H3,(H,10,12)/t5-,6+/m1/s1. The van der Waals surface area contributed by atoms with Gasteiger partial charge in [-0.05, 0) is 27.7 Å². The van der Waals surface area contributed by atoms with E-state index in [1.54, 1.807) is 0 Å². The summed E-state index contributed by atoms with van der Waals surface area (Å²) in [7, 11) is 0. The van der Waals surface area contributed by atoms with Crippen LogP contribution >= 0.6 is 0 Å². The number of rotatable bonds is 2. The first-order chi connectivity index (χ1) is 5.24. The average molecular weight is 174 g/mol. The molecule has 2 atom stereocenters. The highest BCUT2D eigenvalue weighted by atomic mass is 16.3. The fourth-order valence-corrected chi connectivity index (χ4v) is 0.672. The Balaban J connectivity index is 4.05. The van der Waals surface area contributed by atoms with Crippen molar-refractivity contribution < 1.29 is 9.90 Å². The Morgan fingerprint density at radius 3 is 2.17 bits per heavy atom. The summed E-state index contributed by atoms with van der Waals surface area (Å²) in [5, 5.41) is 11.7. The molecule has 0 aromatic rings. The molecule has 12 heavy (non-hydrogen) atoms. The second-order valence-corrected chi connectivity index (χ2v) is 4.01. The largest absolute Gasteiger partial charge is 0.391 e. The zero-order chi connectivity index (χ0) is 9.94. The Kier molecular flexibility index (Phi) is 3.67. The summed E-state index contributed by atoms with van der Waals surface area (Å²) in [5.74, 6) is -0.322. The molecule has 4 N–H and O–H groups in total. The first-order valence-corrected chi connectivity index (χ1v) is 4.00. The molecule has 4 heteroatoms. The van der Waals surface area contributed by atoms with E-state index < -0.39 is 12.1 Å². The minimum absolute atomic E-state index is 0.302. The third-order valence-corrected chi connectivity index (χ3v) is 1.32. The van der Waals surface area contributed by atoms with Gasteiger partial charge in [0.2, 0.25) is 5.91 Å². The molecular formula is C8H18N2O2. The molecule has 0 saturated heterocycles. The van der Waals surface area contributed by atoms with Gasteiger partial charge in [-0.15, -0.1) is 0 Å². The van der Waals surface area contributed by atoms with Crippen LogP contribution in [-0.2, 0) is 4.79 Å². The molecule has 0 unspecified atom stereocenters. The summed E-state index contributed by atoms with van der Waals surface area (Å²) in [5.41, 5.74) is 5.10. The maximum Gasteiger partial charge on any atom is 0.239 e. The van der Waals surface area contributed by atoms with E-state index >= 15 is 0 Å². The van der Waals surface area contributed by atoms with Crippen molar-refractivity contribution in [1.29, 1.82) is 0 Å². The van der Waals surface area contributed by atoms with E-state index in [1.807, 2.05) is 20.8 Å². The predicted octanol–water partition coefficient (Wildman–Crippen LogP) is -0.391. The molecule has 0 aromatic carbocycles. The van der Waals surface area contributed by atoms with Gasteiger partial charge in [-0.2, -0.15) is 0 Å². The van der Waals surface area contributed by atoms with Gasteiger partial charge >= 0.3 is 0 Å². The molecule has 0 spiro atoms. The van der Waals surface area contributed by atoms with Crippen molar-refractivity contribution in [3.05, 3.63) is 0 Å². The molecule has 0 rings (SSSR count). The molecule has 0 aliphatic heterocycles. The summed E-state index contributed by atoms with van der Waals surface area (Å²) in [6.45, 7) is 7.08. The number of aliphatic hydroxyl groups is 1. The third-order valence-electron chi connectivity index (χ3n) is 1.32. The summed E-state index contributed by atoms with van der Waals surface area (Å²) in [4.78, 5) is 11.2. The molecule has 0 bridgehead atoms. The van der Waals surface area contributed by atoms with E-state index in [1.165, 1.54) is 6.92 Å². The minimum Gasteiger partial charge on any atom is -0.391 e. The molecule has 0 radical (unpaired) electrons. The van der Waals surface area contributed by atoms with Crippen molar-refractivity contribution in [2.24, 2.45) is 5.73 Å². The second-order valence-electron chi connectivity index (χ2n) is 4.01. The van der Waals surface area contributed by atoms with Crippen LogP contribution in [0.2, 0.25) is 0 Å². The summed E-state index contributed by atoms with van der Waals surface area (Å²) in [6.07, 6.45) is -0.813. The van der Waals surface area contributed by atoms with Gasteiger partial charge in [-0.3, -0.25) is 4.79 Å². The summed E-state index contributed by atoms with van der Waals surface area (Å²) >= 11 is 0. The third kappa shape index (κ3) is 4.31. The second kappa shape index (κ2) is 3.87. The van der Waals surface area contributed by atoms with Crippen LogP contribution in [0, 0.1) is 0 Å². The Hall–Kier alpha value is -0.610. The maximum absolute atomic E-state index is 11.2. The number of carbonyl (C=O) groups excluding carboxylic acids is 1. The van der Waals surface area contributed by atoms with E-state index in [2.05, 4.69) is 5.32 Å². The van der Waals surface area contributed by atoms with Gasteiger partial charge in [0.05, 0.1) is 6.10 Å². The number of hydrogen-bond donors (Lipinski definition) is 3. The molecule has 72 valence electrons. The number of nitrogens with one attached hydrogen (secondary N) is 1. The smallest absolute Gasteiger partial charge is 0.239 e. The van der Waals surface area contributed by atoms with Gasteiger partial charge in [0.1, 0.15) is 6.04 Å². The lowest BCUT2D eigenvalue weighted by atomic mass is 10.1. The highest BCUT2D eigenvalue weighted by Gasteiger charge is 2.22. The molecule has 0 fully saturated rings. The van der Waals surface area contributed by atoms with Gasteiger partial charge in [0.15, 0.2) is 0 Å². The SMILES string of the molecule is C[C@@H](O)[C@H](N)C(=O)NC(C)(C)C. The van der Waals surface area contributed by atoms with Gasteiger partial charge in [-0.1, -0.05) is 0 Å². The van der Waals surface area contributed by atoms with Crippen LogP contribution < -0.4 is 11.1 Å². The van der Waals surface area contributed by atoms with Crippen LogP contribution in [-0.4, -0.2) is 28.7 Å². The fourth-order valence-electron chi connectivity index (χ4n) is 0.672. The lowest BCUT2D eigenvalue weighted by molar-refractivity contribution is -0.125. The summed E-state index contributed by atoms with van der Waals surface area (Å²) < 4.78 is 0.